The van der Waals surface area contributed by atoms with Crippen LogP contribution in [0.4, 0.5) is 0 Å². The number of ether oxygens (including phenoxy) is 1. The Balaban J connectivity index is 1.79. The minimum Gasteiger partial charge on any atom is -0.495 e. The largest absolute Gasteiger partial charge is 0.495 e. The van der Waals surface area contributed by atoms with Crippen molar-refractivity contribution < 1.29 is 4.74 Å². The molecule has 0 bridgehead atoms. The Bertz CT molecular complexity index is 1470. The Kier molecular flexibility index (Phi) is 5.76. The number of halogens is 2. The summed E-state index contributed by atoms with van der Waals surface area (Å²) in [4.78, 5) is 31.9. The third-order valence-electron chi connectivity index (χ3n) is 6.20. The van der Waals surface area contributed by atoms with Crippen LogP contribution in [0.25, 0.3) is 16.9 Å². The first kappa shape index (κ1) is 21.8. The van der Waals surface area contributed by atoms with Gasteiger partial charge in [0.25, 0.3) is 5.56 Å². The van der Waals surface area contributed by atoms with E-state index in [-0.39, 0.29) is 11.6 Å². The molecule has 1 fully saturated rings. The third kappa shape index (κ3) is 3.75. The van der Waals surface area contributed by atoms with E-state index in [1.165, 1.54) is 9.13 Å². The number of fused-ring (bicyclic) bond motifs is 1. The van der Waals surface area contributed by atoms with Crippen LogP contribution in [0.2, 0.25) is 10.0 Å². The number of nitrogens with zero attached hydrogens (tertiary/aromatic N) is 4. The number of hydrogen-bond donors (Lipinski definition) is 0. The van der Waals surface area contributed by atoms with Gasteiger partial charge in [0, 0.05) is 12.6 Å². The van der Waals surface area contributed by atoms with Crippen LogP contribution in [0.1, 0.15) is 37.3 Å². The summed E-state index contributed by atoms with van der Waals surface area (Å²) in [5, 5.41) is 0.900. The van der Waals surface area contributed by atoms with E-state index in [9.17, 15) is 9.59 Å². The van der Waals surface area contributed by atoms with Gasteiger partial charge >= 0.3 is 5.69 Å². The summed E-state index contributed by atoms with van der Waals surface area (Å²) in [7, 11) is 1.55. The molecule has 0 atom stereocenters. The van der Waals surface area contributed by atoms with E-state index < -0.39 is 5.69 Å². The number of rotatable bonds is 5. The highest BCUT2D eigenvalue weighted by molar-refractivity contribution is 6.42. The average molecular weight is 485 g/mol. The van der Waals surface area contributed by atoms with Crippen LogP contribution >= 0.6 is 23.2 Å². The predicted molar refractivity (Wildman–Crippen MR) is 129 cm³/mol. The fourth-order valence-electron chi connectivity index (χ4n) is 4.62. The maximum Gasteiger partial charge on any atom is 0.337 e. The van der Waals surface area contributed by atoms with Crippen LogP contribution in [0, 0.1) is 0 Å². The van der Waals surface area contributed by atoms with E-state index in [1.54, 1.807) is 42.3 Å². The molecule has 0 unspecified atom stereocenters. The highest BCUT2D eigenvalue weighted by atomic mass is 35.5. The Hall–Kier alpha value is -3.03. The van der Waals surface area contributed by atoms with Gasteiger partial charge in [-0.3, -0.25) is 9.36 Å². The quantitative estimate of drug-likeness (QED) is 0.406. The van der Waals surface area contributed by atoms with Gasteiger partial charge in [0.15, 0.2) is 11.2 Å². The van der Waals surface area contributed by atoms with Gasteiger partial charge in [-0.2, -0.15) is 0 Å². The zero-order valence-electron chi connectivity index (χ0n) is 18.0. The molecule has 4 aromatic rings. The maximum absolute atomic E-state index is 13.7. The molecule has 0 saturated heterocycles. The summed E-state index contributed by atoms with van der Waals surface area (Å²) in [6.45, 7) is 0.359. The van der Waals surface area contributed by atoms with Crippen LogP contribution in [-0.4, -0.2) is 25.8 Å². The van der Waals surface area contributed by atoms with Gasteiger partial charge < -0.3 is 9.30 Å². The van der Waals surface area contributed by atoms with Crippen LogP contribution in [0.15, 0.2) is 58.4 Å². The zero-order chi connectivity index (χ0) is 23.1. The molecular formula is C24H22Cl2N4O3. The molecule has 1 aliphatic rings. The zero-order valence-corrected chi connectivity index (χ0v) is 19.5. The molecule has 0 amide bonds. The summed E-state index contributed by atoms with van der Waals surface area (Å²) in [5.74, 6) is 0.525. The first-order chi connectivity index (χ1) is 16.0. The lowest BCUT2D eigenvalue weighted by Crippen LogP contribution is -2.42. The molecule has 0 aliphatic heterocycles. The summed E-state index contributed by atoms with van der Waals surface area (Å²) in [5.41, 5.74) is 1.34. The Labute approximate surface area is 199 Å². The highest BCUT2D eigenvalue weighted by Crippen LogP contribution is 2.29. The summed E-state index contributed by atoms with van der Waals surface area (Å²) >= 11 is 12.2. The number of hydrogen-bond acceptors (Lipinski definition) is 4. The number of imidazole rings is 1. The van der Waals surface area contributed by atoms with Gasteiger partial charge in [0.1, 0.15) is 5.75 Å². The lowest BCUT2D eigenvalue weighted by molar-refractivity contribution is 0.411. The summed E-state index contributed by atoms with van der Waals surface area (Å²) < 4.78 is 10.2. The number of methoxy groups -OCH3 is 1. The second kappa shape index (κ2) is 8.72. The molecular weight excluding hydrogens is 463 g/mol. The summed E-state index contributed by atoms with van der Waals surface area (Å²) in [6.07, 6.45) is 5.16. The van der Waals surface area contributed by atoms with Crippen molar-refractivity contribution in [2.75, 3.05) is 7.11 Å². The average Bonchev–Trinajstić information content (AvgIpc) is 3.48. The third-order valence-corrected chi connectivity index (χ3v) is 6.94. The fraction of sp³-hybridized carbons (Fsp3) is 0.292. The summed E-state index contributed by atoms with van der Waals surface area (Å²) in [6, 6.07) is 12.4. The standard InChI is InChI=1S/C24H22Cl2N4O3/c1-33-20-9-5-4-8-19(20)30-22-21(23(31)29(24(30)32)16-6-2-3-7-16)28(14-27-22)13-15-10-11-17(25)18(26)12-15/h4-5,8-12,14,16H,2-3,6-7,13H2,1H3. The number of benzene rings is 2. The number of aromatic nitrogens is 4. The molecule has 0 N–H and O–H groups in total. The van der Waals surface area contributed by atoms with Crippen molar-refractivity contribution in [3.8, 4) is 11.4 Å². The molecule has 2 aromatic heterocycles. The van der Waals surface area contributed by atoms with Crippen molar-refractivity contribution in [3.05, 3.63) is 85.2 Å². The minimum absolute atomic E-state index is 0.135. The van der Waals surface area contributed by atoms with Gasteiger partial charge in [-0.25, -0.2) is 14.3 Å². The van der Waals surface area contributed by atoms with E-state index in [1.807, 2.05) is 18.2 Å². The van der Waals surface area contributed by atoms with Gasteiger partial charge in [-0.15, -0.1) is 0 Å². The van der Waals surface area contributed by atoms with Crippen LogP contribution in [0.3, 0.4) is 0 Å². The van der Waals surface area contributed by atoms with E-state index in [2.05, 4.69) is 4.98 Å². The van der Waals surface area contributed by atoms with Crippen LogP contribution in [0.5, 0.6) is 5.75 Å². The van der Waals surface area contributed by atoms with Crippen molar-refractivity contribution >= 4 is 34.4 Å². The van der Waals surface area contributed by atoms with E-state index in [4.69, 9.17) is 27.9 Å². The molecule has 2 aromatic carbocycles. The molecule has 33 heavy (non-hydrogen) atoms. The van der Waals surface area contributed by atoms with Crippen LogP contribution in [-0.2, 0) is 6.54 Å². The molecule has 9 heteroatoms. The van der Waals surface area contributed by atoms with E-state index in [0.29, 0.717) is 39.2 Å². The molecule has 170 valence electrons. The topological polar surface area (TPSA) is 71.1 Å². The fourth-order valence-corrected chi connectivity index (χ4v) is 4.94. The van der Waals surface area contributed by atoms with Crippen molar-refractivity contribution in [1.82, 2.24) is 18.7 Å². The molecule has 1 saturated carbocycles. The molecule has 0 radical (unpaired) electrons. The molecule has 5 rings (SSSR count). The van der Waals surface area contributed by atoms with Gasteiger partial charge in [0.2, 0.25) is 0 Å². The van der Waals surface area contributed by atoms with Crippen molar-refractivity contribution in [1.29, 1.82) is 0 Å². The molecule has 0 spiro atoms. The van der Waals surface area contributed by atoms with E-state index in [0.717, 1.165) is 31.2 Å². The van der Waals surface area contributed by atoms with Crippen molar-refractivity contribution in [3.63, 3.8) is 0 Å². The Morgan fingerprint density at radius 2 is 1.82 bits per heavy atom. The second-order valence-corrected chi connectivity index (χ2v) is 9.01. The predicted octanol–water partition coefficient (Wildman–Crippen LogP) is 4.83. The molecule has 2 heterocycles. The number of para-hydroxylation sites is 2. The van der Waals surface area contributed by atoms with E-state index >= 15 is 0 Å². The Morgan fingerprint density at radius 1 is 1.06 bits per heavy atom. The highest BCUT2D eigenvalue weighted by Gasteiger charge is 2.27. The van der Waals surface area contributed by atoms with Gasteiger partial charge in [-0.05, 0) is 42.7 Å². The van der Waals surface area contributed by atoms with Gasteiger partial charge in [0.05, 0.1) is 29.2 Å². The monoisotopic (exact) mass is 484 g/mol. The first-order valence-electron chi connectivity index (χ1n) is 10.8. The lowest BCUT2D eigenvalue weighted by atomic mass is 10.2. The first-order valence-corrected chi connectivity index (χ1v) is 11.5. The Morgan fingerprint density at radius 3 is 2.55 bits per heavy atom. The van der Waals surface area contributed by atoms with Crippen molar-refractivity contribution in [2.24, 2.45) is 0 Å². The SMILES string of the molecule is COc1ccccc1-n1c(=O)n(C2CCCC2)c(=O)c2c1ncn2Cc1ccc(Cl)c(Cl)c1. The minimum atomic E-state index is -0.399. The second-order valence-electron chi connectivity index (χ2n) is 8.20. The normalized spacial score (nSPS) is 14.3. The lowest BCUT2D eigenvalue weighted by Gasteiger charge is -2.18. The molecule has 1 aliphatic carbocycles. The maximum atomic E-state index is 13.7. The van der Waals surface area contributed by atoms with Crippen LogP contribution < -0.4 is 16.0 Å². The van der Waals surface area contributed by atoms with Gasteiger partial charge in [-0.1, -0.05) is 54.2 Å². The van der Waals surface area contributed by atoms with Crippen molar-refractivity contribution in [2.45, 2.75) is 38.3 Å². The molecule has 7 nitrogen and oxygen atoms in total. The smallest absolute Gasteiger partial charge is 0.337 e.